The third-order valence-corrected chi connectivity index (χ3v) is 6.04. The van der Waals surface area contributed by atoms with Crippen LogP contribution in [-0.4, -0.2) is 50.8 Å². The Hall–Kier alpha value is -2.45. The van der Waals surface area contributed by atoms with Gasteiger partial charge in [0.05, 0.1) is 13.7 Å². The van der Waals surface area contributed by atoms with Gasteiger partial charge >= 0.3 is 0 Å². The van der Waals surface area contributed by atoms with Crippen molar-refractivity contribution in [3.8, 4) is 5.75 Å². The molecule has 0 spiro atoms. The van der Waals surface area contributed by atoms with Crippen molar-refractivity contribution in [1.82, 2.24) is 9.21 Å². The van der Waals surface area contributed by atoms with Crippen LogP contribution in [0, 0.1) is 5.82 Å². The fraction of sp³-hybridized carbons (Fsp3) is 0.316. The maximum Gasteiger partial charge on any atom is 0.247 e. The lowest BCUT2D eigenvalue weighted by atomic mass is 10.2. The van der Waals surface area contributed by atoms with Gasteiger partial charge < -0.3 is 9.64 Å². The Labute approximate surface area is 159 Å². The molecular formula is C19H23FN2O4S. The lowest BCUT2D eigenvalue weighted by Gasteiger charge is -2.24. The van der Waals surface area contributed by atoms with Crippen LogP contribution in [0.4, 0.5) is 4.39 Å². The zero-order chi connectivity index (χ0) is 20.0. The van der Waals surface area contributed by atoms with Gasteiger partial charge in [-0.25, -0.2) is 12.8 Å². The second-order valence-electron chi connectivity index (χ2n) is 5.96. The molecule has 0 fully saturated rings. The van der Waals surface area contributed by atoms with Gasteiger partial charge in [0.1, 0.15) is 16.5 Å². The van der Waals surface area contributed by atoms with Gasteiger partial charge in [-0.1, -0.05) is 37.3 Å². The van der Waals surface area contributed by atoms with Gasteiger partial charge in [-0.3, -0.25) is 4.79 Å². The molecule has 2 aromatic rings. The van der Waals surface area contributed by atoms with Gasteiger partial charge in [-0.15, -0.1) is 0 Å². The molecule has 0 saturated carbocycles. The van der Waals surface area contributed by atoms with Crippen molar-refractivity contribution in [3.63, 3.8) is 0 Å². The normalized spacial score (nSPS) is 11.4. The lowest BCUT2D eigenvalue weighted by Crippen LogP contribution is -2.41. The van der Waals surface area contributed by atoms with Crippen LogP contribution in [0.2, 0.25) is 0 Å². The van der Waals surface area contributed by atoms with E-state index in [4.69, 9.17) is 4.74 Å². The number of hydrogen-bond donors (Lipinski definition) is 0. The van der Waals surface area contributed by atoms with Crippen LogP contribution in [0.15, 0.2) is 53.4 Å². The highest BCUT2D eigenvalue weighted by atomic mass is 32.2. The molecule has 0 heterocycles. The van der Waals surface area contributed by atoms with Crippen LogP contribution in [0.3, 0.4) is 0 Å². The van der Waals surface area contributed by atoms with Crippen LogP contribution in [0.5, 0.6) is 5.75 Å². The molecule has 0 bridgehead atoms. The largest absolute Gasteiger partial charge is 0.495 e. The first-order valence-electron chi connectivity index (χ1n) is 8.41. The summed E-state index contributed by atoms with van der Waals surface area (Å²) in [5.74, 6) is -1.03. The Bertz CT molecular complexity index is 888. The Kier molecular flexibility index (Phi) is 6.92. The van der Waals surface area contributed by atoms with Crippen LogP contribution >= 0.6 is 0 Å². The number of halogens is 1. The number of hydrogen-bond acceptors (Lipinski definition) is 4. The highest BCUT2D eigenvalue weighted by Gasteiger charge is 2.29. The van der Waals surface area contributed by atoms with Gasteiger partial charge in [0, 0.05) is 20.1 Å². The van der Waals surface area contributed by atoms with Crippen molar-refractivity contribution in [2.24, 2.45) is 0 Å². The highest BCUT2D eigenvalue weighted by molar-refractivity contribution is 7.89. The van der Waals surface area contributed by atoms with Crippen molar-refractivity contribution in [2.75, 3.05) is 27.2 Å². The molecule has 0 atom stereocenters. The van der Waals surface area contributed by atoms with E-state index in [1.165, 1.54) is 18.1 Å². The van der Waals surface area contributed by atoms with Crippen LogP contribution in [0.25, 0.3) is 0 Å². The molecule has 0 radical (unpaired) electrons. The smallest absolute Gasteiger partial charge is 0.247 e. The van der Waals surface area contributed by atoms with Gasteiger partial charge in [-0.2, -0.15) is 4.31 Å². The number of methoxy groups -OCH3 is 1. The molecule has 0 saturated heterocycles. The average molecular weight is 394 g/mol. The van der Waals surface area contributed by atoms with E-state index in [1.807, 2.05) is 30.3 Å². The topological polar surface area (TPSA) is 66.9 Å². The summed E-state index contributed by atoms with van der Waals surface area (Å²) in [6.45, 7) is 1.70. The highest BCUT2D eigenvalue weighted by Crippen LogP contribution is 2.27. The van der Waals surface area contributed by atoms with E-state index in [0.29, 0.717) is 6.54 Å². The summed E-state index contributed by atoms with van der Waals surface area (Å²) in [6, 6.07) is 12.6. The zero-order valence-electron chi connectivity index (χ0n) is 15.6. The van der Waals surface area contributed by atoms with Gasteiger partial charge in [0.25, 0.3) is 0 Å². The summed E-state index contributed by atoms with van der Waals surface area (Å²) in [7, 11) is -1.18. The zero-order valence-corrected chi connectivity index (χ0v) is 16.4. The van der Waals surface area contributed by atoms with Crippen molar-refractivity contribution < 1.29 is 22.3 Å². The molecule has 0 aliphatic rings. The summed E-state index contributed by atoms with van der Waals surface area (Å²) in [6.07, 6.45) is 0. The number of amides is 1. The number of sulfonamides is 1. The molecule has 8 heteroatoms. The molecule has 0 N–H and O–H groups in total. The third-order valence-electron chi connectivity index (χ3n) is 4.10. The molecule has 2 rings (SSSR count). The number of nitrogens with zero attached hydrogens (tertiary/aromatic N) is 2. The first-order valence-corrected chi connectivity index (χ1v) is 9.85. The standard InChI is InChI=1S/C19H23FN2O4S/c1-4-22(14-19(23)21(2)13-15-8-6-5-7-9-15)27(24,25)18-12-16(20)10-11-17(18)26-3/h5-12H,4,13-14H2,1-3H3. The Morgan fingerprint density at radius 1 is 1.15 bits per heavy atom. The molecule has 2 aromatic carbocycles. The predicted octanol–water partition coefficient (Wildman–Crippen LogP) is 2.50. The third kappa shape index (κ3) is 5.05. The van der Waals surface area contributed by atoms with Crippen molar-refractivity contribution in [2.45, 2.75) is 18.4 Å². The summed E-state index contributed by atoms with van der Waals surface area (Å²) < 4.78 is 45.5. The van der Waals surface area contributed by atoms with Crippen molar-refractivity contribution in [1.29, 1.82) is 0 Å². The Morgan fingerprint density at radius 3 is 2.41 bits per heavy atom. The maximum atomic E-state index is 13.6. The Balaban J connectivity index is 2.20. The van der Waals surface area contributed by atoms with E-state index in [0.717, 1.165) is 22.0 Å². The fourth-order valence-corrected chi connectivity index (χ4v) is 4.14. The van der Waals surface area contributed by atoms with E-state index < -0.39 is 15.8 Å². The average Bonchev–Trinajstić information content (AvgIpc) is 2.66. The molecule has 0 unspecified atom stereocenters. The van der Waals surface area contributed by atoms with Crippen LogP contribution < -0.4 is 4.74 Å². The number of rotatable bonds is 8. The predicted molar refractivity (Wildman–Crippen MR) is 100 cm³/mol. The number of benzene rings is 2. The quantitative estimate of drug-likeness (QED) is 0.690. The summed E-state index contributed by atoms with van der Waals surface area (Å²) in [4.78, 5) is 13.7. The first-order chi connectivity index (χ1) is 12.8. The molecule has 1 amide bonds. The number of ether oxygens (including phenoxy) is 1. The van der Waals surface area contributed by atoms with Gasteiger partial charge in [0.2, 0.25) is 15.9 Å². The fourth-order valence-electron chi connectivity index (χ4n) is 2.57. The summed E-state index contributed by atoms with van der Waals surface area (Å²) >= 11 is 0. The molecule has 6 nitrogen and oxygen atoms in total. The van der Waals surface area contributed by atoms with Crippen molar-refractivity contribution in [3.05, 3.63) is 59.9 Å². The maximum absolute atomic E-state index is 13.6. The first kappa shape index (κ1) is 20.9. The van der Waals surface area contributed by atoms with Gasteiger partial charge in [0.15, 0.2) is 0 Å². The summed E-state index contributed by atoms with van der Waals surface area (Å²) in [5.41, 5.74) is 0.936. The van der Waals surface area contributed by atoms with E-state index in [-0.39, 0.29) is 29.6 Å². The van der Waals surface area contributed by atoms with Gasteiger partial charge in [-0.05, 0) is 23.8 Å². The lowest BCUT2D eigenvalue weighted by molar-refractivity contribution is -0.130. The van der Waals surface area contributed by atoms with Crippen LogP contribution in [0.1, 0.15) is 12.5 Å². The number of likely N-dealkylation sites (N-methyl/N-ethyl adjacent to an activating group) is 2. The molecular weight excluding hydrogens is 371 g/mol. The number of carbonyl (C=O) groups excluding carboxylic acids is 1. The van der Waals surface area contributed by atoms with E-state index in [1.54, 1.807) is 14.0 Å². The molecule has 0 aromatic heterocycles. The molecule has 146 valence electrons. The van der Waals surface area contributed by atoms with E-state index in [2.05, 4.69) is 0 Å². The minimum Gasteiger partial charge on any atom is -0.495 e. The monoisotopic (exact) mass is 394 g/mol. The number of carbonyl (C=O) groups is 1. The minimum absolute atomic E-state index is 0.0277. The second kappa shape index (κ2) is 8.96. The van der Waals surface area contributed by atoms with E-state index in [9.17, 15) is 17.6 Å². The molecule has 0 aliphatic heterocycles. The SMILES string of the molecule is CCN(CC(=O)N(C)Cc1ccccc1)S(=O)(=O)c1cc(F)ccc1OC. The molecule has 0 aliphatic carbocycles. The Morgan fingerprint density at radius 2 is 1.81 bits per heavy atom. The molecule has 27 heavy (non-hydrogen) atoms. The van der Waals surface area contributed by atoms with Crippen LogP contribution in [-0.2, 0) is 21.4 Å². The summed E-state index contributed by atoms with van der Waals surface area (Å²) in [5, 5.41) is 0. The minimum atomic E-state index is -4.10. The van der Waals surface area contributed by atoms with E-state index >= 15 is 0 Å². The second-order valence-corrected chi connectivity index (χ2v) is 7.87. The van der Waals surface area contributed by atoms with Crippen molar-refractivity contribution >= 4 is 15.9 Å².